The second kappa shape index (κ2) is 8.29. The lowest BCUT2D eigenvalue weighted by atomic mass is 10.1. The molecule has 0 aliphatic heterocycles. The van der Waals surface area contributed by atoms with Gasteiger partial charge in [0.25, 0.3) is 0 Å². The standard InChI is InChI=1S/C15H20O4/c1-3-4-5-6-7-15(17)19-13-9-8-12(11-16)10-14(13)18-2/h8-11H,3-7H2,1-2H3. The number of methoxy groups -OCH3 is 1. The van der Waals surface area contributed by atoms with Crippen molar-refractivity contribution < 1.29 is 19.1 Å². The van der Waals surface area contributed by atoms with Crippen molar-refractivity contribution in [1.29, 1.82) is 0 Å². The van der Waals surface area contributed by atoms with Crippen LogP contribution in [0.4, 0.5) is 0 Å². The average molecular weight is 264 g/mol. The van der Waals surface area contributed by atoms with Crippen LogP contribution in [0.3, 0.4) is 0 Å². The van der Waals surface area contributed by atoms with Crippen molar-refractivity contribution in [2.45, 2.75) is 39.0 Å². The van der Waals surface area contributed by atoms with Crippen LogP contribution < -0.4 is 9.47 Å². The number of aldehydes is 1. The third-order valence-electron chi connectivity index (χ3n) is 2.78. The van der Waals surface area contributed by atoms with E-state index in [2.05, 4.69) is 6.92 Å². The first kappa shape index (κ1) is 15.2. The van der Waals surface area contributed by atoms with Crippen LogP contribution >= 0.6 is 0 Å². The zero-order valence-corrected chi connectivity index (χ0v) is 11.5. The van der Waals surface area contributed by atoms with Gasteiger partial charge in [-0.1, -0.05) is 26.2 Å². The van der Waals surface area contributed by atoms with Gasteiger partial charge in [-0.25, -0.2) is 0 Å². The maximum atomic E-state index is 11.7. The molecule has 0 amide bonds. The topological polar surface area (TPSA) is 52.6 Å². The van der Waals surface area contributed by atoms with E-state index in [0.29, 0.717) is 23.5 Å². The molecule has 0 radical (unpaired) electrons. The Bertz CT molecular complexity index is 426. The van der Waals surface area contributed by atoms with E-state index >= 15 is 0 Å². The quantitative estimate of drug-likeness (QED) is 0.312. The Morgan fingerprint density at radius 2 is 2.00 bits per heavy atom. The number of benzene rings is 1. The van der Waals surface area contributed by atoms with E-state index in [-0.39, 0.29) is 5.97 Å². The summed E-state index contributed by atoms with van der Waals surface area (Å²) in [7, 11) is 1.47. The average Bonchev–Trinajstić information content (AvgIpc) is 2.44. The Balaban J connectivity index is 2.56. The number of carbonyl (C=O) groups is 2. The molecule has 0 fully saturated rings. The second-order valence-corrected chi connectivity index (χ2v) is 4.31. The number of ether oxygens (including phenoxy) is 2. The number of carbonyl (C=O) groups excluding carboxylic acids is 2. The van der Waals surface area contributed by atoms with Gasteiger partial charge in [-0.15, -0.1) is 0 Å². The van der Waals surface area contributed by atoms with Crippen molar-refractivity contribution in [3.8, 4) is 11.5 Å². The third kappa shape index (κ3) is 5.12. The molecule has 1 aromatic rings. The molecule has 0 atom stereocenters. The van der Waals surface area contributed by atoms with Crippen molar-refractivity contribution in [1.82, 2.24) is 0 Å². The second-order valence-electron chi connectivity index (χ2n) is 4.31. The first-order chi connectivity index (χ1) is 9.21. The third-order valence-corrected chi connectivity index (χ3v) is 2.78. The molecule has 1 rings (SSSR count). The molecule has 1 aromatic carbocycles. The Kier molecular flexibility index (Phi) is 6.64. The van der Waals surface area contributed by atoms with Gasteiger partial charge < -0.3 is 9.47 Å². The minimum atomic E-state index is -0.270. The van der Waals surface area contributed by atoms with Crippen LogP contribution in [0.2, 0.25) is 0 Å². The molecule has 0 spiro atoms. The zero-order chi connectivity index (χ0) is 14.1. The first-order valence-corrected chi connectivity index (χ1v) is 6.55. The van der Waals surface area contributed by atoms with Crippen LogP contribution in [0.5, 0.6) is 11.5 Å². The van der Waals surface area contributed by atoms with Crippen molar-refractivity contribution in [3.63, 3.8) is 0 Å². The van der Waals surface area contributed by atoms with Gasteiger partial charge in [-0.2, -0.15) is 0 Å². The van der Waals surface area contributed by atoms with Gasteiger partial charge in [0.15, 0.2) is 11.5 Å². The maximum absolute atomic E-state index is 11.7. The van der Waals surface area contributed by atoms with E-state index in [4.69, 9.17) is 9.47 Å². The molecular weight excluding hydrogens is 244 g/mol. The zero-order valence-electron chi connectivity index (χ0n) is 11.5. The molecule has 0 saturated heterocycles. The van der Waals surface area contributed by atoms with E-state index < -0.39 is 0 Å². The normalized spacial score (nSPS) is 10.0. The fourth-order valence-corrected chi connectivity index (χ4v) is 1.71. The molecule has 0 aliphatic rings. The number of unbranched alkanes of at least 4 members (excludes halogenated alkanes) is 3. The highest BCUT2D eigenvalue weighted by Crippen LogP contribution is 2.28. The molecule has 0 aliphatic carbocycles. The van der Waals surface area contributed by atoms with Gasteiger partial charge in [-0.3, -0.25) is 9.59 Å². The predicted octanol–water partition coefficient (Wildman–Crippen LogP) is 3.38. The lowest BCUT2D eigenvalue weighted by Gasteiger charge is -2.09. The first-order valence-electron chi connectivity index (χ1n) is 6.55. The van der Waals surface area contributed by atoms with Crippen molar-refractivity contribution in [2.75, 3.05) is 7.11 Å². The van der Waals surface area contributed by atoms with Gasteiger partial charge in [0.1, 0.15) is 6.29 Å². The molecule has 0 bridgehead atoms. The van der Waals surface area contributed by atoms with Gasteiger partial charge >= 0.3 is 5.97 Å². The summed E-state index contributed by atoms with van der Waals surface area (Å²) in [5, 5.41) is 0. The van der Waals surface area contributed by atoms with E-state index in [9.17, 15) is 9.59 Å². The monoisotopic (exact) mass is 264 g/mol. The van der Waals surface area contributed by atoms with Gasteiger partial charge in [0.05, 0.1) is 7.11 Å². The van der Waals surface area contributed by atoms with Crippen LogP contribution in [0, 0.1) is 0 Å². The predicted molar refractivity (Wildman–Crippen MR) is 72.8 cm³/mol. The van der Waals surface area contributed by atoms with Crippen molar-refractivity contribution in [3.05, 3.63) is 23.8 Å². The summed E-state index contributed by atoms with van der Waals surface area (Å²) in [4.78, 5) is 22.3. The van der Waals surface area contributed by atoms with Crippen LogP contribution in [0.15, 0.2) is 18.2 Å². The molecule has 19 heavy (non-hydrogen) atoms. The Hall–Kier alpha value is -1.84. The van der Waals surface area contributed by atoms with Crippen LogP contribution in [0.1, 0.15) is 49.4 Å². The van der Waals surface area contributed by atoms with E-state index in [1.807, 2.05) is 0 Å². The SMILES string of the molecule is CCCCCCC(=O)Oc1ccc(C=O)cc1OC. The molecule has 0 N–H and O–H groups in total. The van der Waals surface area contributed by atoms with E-state index in [1.54, 1.807) is 18.2 Å². The number of esters is 1. The van der Waals surface area contributed by atoms with Gasteiger partial charge in [0, 0.05) is 12.0 Å². The number of rotatable bonds is 8. The van der Waals surface area contributed by atoms with Crippen molar-refractivity contribution >= 4 is 12.3 Å². The summed E-state index contributed by atoms with van der Waals surface area (Å²) < 4.78 is 10.3. The summed E-state index contributed by atoms with van der Waals surface area (Å²) in [5.74, 6) is 0.480. The summed E-state index contributed by atoms with van der Waals surface area (Å²) in [5.41, 5.74) is 0.486. The van der Waals surface area contributed by atoms with Crippen LogP contribution in [-0.2, 0) is 4.79 Å². The summed E-state index contributed by atoms with van der Waals surface area (Å²) in [6.45, 7) is 2.12. The van der Waals surface area contributed by atoms with Crippen molar-refractivity contribution in [2.24, 2.45) is 0 Å². The lowest BCUT2D eigenvalue weighted by molar-refractivity contribution is -0.134. The van der Waals surface area contributed by atoms with Gasteiger partial charge in [-0.05, 0) is 24.6 Å². The summed E-state index contributed by atoms with van der Waals surface area (Å²) in [6, 6.07) is 4.72. The smallest absolute Gasteiger partial charge is 0.311 e. The molecular formula is C15H20O4. The highest BCUT2D eigenvalue weighted by molar-refractivity contribution is 5.78. The molecule has 4 nitrogen and oxygen atoms in total. The van der Waals surface area contributed by atoms with E-state index in [1.165, 1.54) is 7.11 Å². The lowest BCUT2D eigenvalue weighted by Crippen LogP contribution is -2.08. The largest absolute Gasteiger partial charge is 0.493 e. The van der Waals surface area contributed by atoms with Crippen LogP contribution in [-0.4, -0.2) is 19.4 Å². The Morgan fingerprint density at radius 3 is 2.63 bits per heavy atom. The fourth-order valence-electron chi connectivity index (χ4n) is 1.71. The summed E-state index contributed by atoms with van der Waals surface area (Å²) >= 11 is 0. The molecule has 0 saturated carbocycles. The minimum absolute atomic E-state index is 0.270. The van der Waals surface area contributed by atoms with Gasteiger partial charge in [0.2, 0.25) is 0 Å². The highest BCUT2D eigenvalue weighted by atomic mass is 16.6. The molecule has 4 heteroatoms. The molecule has 0 aromatic heterocycles. The van der Waals surface area contributed by atoms with E-state index in [0.717, 1.165) is 32.0 Å². The summed E-state index contributed by atoms with van der Waals surface area (Å²) in [6.07, 6.45) is 5.26. The Morgan fingerprint density at radius 1 is 1.21 bits per heavy atom. The number of hydrogen-bond donors (Lipinski definition) is 0. The highest BCUT2D eigenvalue weighted by Gasteiger charge is 2.10. The number of hydrogen-bond acceptors (Lipinski definition) is 4. The minimum Gasteiger partial charge on any atom is -0.493 e. The van der Waals surface area contributed by atoms with Crippen LogP contribution in [0.25, 0.3) is 0 Å². The Labute approximate surface area is 113 Å². The molecule has 104 valence electrons. The molecule has 0 unspecified atom stereocenters. The molecule has 0 heterocycles. The maximum Gasteiger partial charge on any atom is 0.311 e. The fraction of sp³-hybridized carbons (Fsp3) is 0.467.